The fourth-order valence-electron chi connectivity index (χ4n) is 3.61. The molecule has 2 heterocycles. The van der Waals surface area contributed by atoms with Crippen LogP contribution in [0.2, 0.25) is 0 Å². The van der Waals surface area contributed by atoms with Gasteiger partial charge in [-0.25, -0.2) is 0 Å². The van der Waals surface area contributed by atoms with Gasteiger partial charge in [0.1, 0.15) is 5.75 Å². The van der Waals surface area contributed by atoms with Crippen LogP contribution >= 0.6 is 0 Å². The molecular weight excluding hydrogens is 326 g/mol. The number of aromatic nitrogens is 2. The Morgan fingerprint density at radius 2 is 2.15 bits per heavy atom. The fourth-order valence-corrected chi connectivity index (χ4v) is 3.61. The van der Waals surface area contributed by atoms with Gasteiger partial charge in [-0.1, -0.05) is 29.8 Å². The molecule has 134 valence electrons. The minimum absolute atomic E-state index is 0.0664. The number of nitrogens with zero attached hydrogens (tertiary/aromatic N) is 2. The zero-order valence-corrected chi connectivity index (χ0v) is 15.2. The molecule has 5 nitrogen and oxygen atoms in total. The largest absolute Gasteiger partial charge is 0.493 e. The van der Waals surface area contributed by atoms with Gasteiger partial charge in [0, 0.05) is 18.4 Å². The van der Waals surface area contributed by atoms with Gasteiger partial charge in [0.2, 0.25) is 5.91 Å². The number of nitrogens with one attached hydrogen (secondary N) is 1. The topological polar surface area (TPSA) is 56.1 Å². The number of fused-ring (bicyclic) bond motifs is 2. The molecule has 1 N–H and O–H groups in total. The van der Waals surface area contributed by atoms with E-state index in [9.17, 15) is 4.79 Å². The van der Waals surface area contributed by atoms with Crippen LogP contribution < -0.4 is 10.1 Å². The third-order valence-corrected chi connectivity index (χ3v) is 5.05. The second kappa shape index (κ2) is 6.83. The SMILES string of the molecule is Cc1ccc2c(c1)c(CNC(=O)[C@@H]1CCOc3ccccc3C1)nn2C. The number of hydrogen-bond donors (Lipinski definition) is 1. The van der Waals surface area contributed by atoms with Crippen LogP contribution in [-0.2, 0) is 24.8 Å². The van der Waals surface area contributed by atoms with Gasteiger partial charge in [0.05, 0.1) is 24.4 Å². The van der Waals surface area contributed by atoms with Gasteiger partial charge < -0.3 is 10.1 Å². The Balaban J connectivity index is 1.48. The highest BCUT2D eigenvalue weighted by Crippen LogP contribution is 2.27. The smallest absolute Gasteiger partial charge is 0.223 e. The molecule has 0 saturated carbocycles. The normalized spacial score (nSPS) is 16.6. The zero-order chi connectivity index (χ0) is 18.1. The van der Waals surface area contributed by atoms with E-state index < -0.39 is 0 Å². The van der Waals surface area contributed by atoms with Crippen molar-refractivity contribution in [3.05, 3.63) is 59.3 Å². The molecule has 1 aliphatic heterocycles. The summed E-state index contributed by atoms with van der Waals surface area (Å²) in [4.78, 5) is 12.7. The van der Waals surface area contributed by atoms with E-state index in [0.29, 0.717) is 19.6 Å². The van der Waals surface area contributed by atoms with Crippen LogP contribution in [0.4, 0.5) is 0 Å². The summed E-state index contributed by atoms with van der Waals surface area (Å²) in [6, 6.07) is 14.2. The molecule has 1 aliphatic rings. The maximum absolute atomic E-state index is 12.7. The number of para-hydroxylation sites is 1. The Labute approximate surface area is 153 Å². The molecule has 0 bridgehead atoms. The predicted octanol–water partition coefficient (Wildman–Crippen LogP) is 3.14. The number of aryl methyl sites for hydroxylation is 2. The van der Waals surface area contributed by atoms with Gasteiger partial charge in [-0.05, 0) is 43.5 Å². The minimum Gasteiger partial charge on any atom is -0.493 e. The molecule has 0 unspecified atom stereocenters. The summed E-state index contributed by atoms with van der Waals surface area (Å²) in [6.07, 6.45) is 1.44. The number of rotatable bonds is 3. The van der Waals surface area contributed by atoms with Gasteiger partial charge >= 0.3 is 0 Å². The highest BCUT2D eigenvalue weighted by molar-refractivity contribution is 5.84. The second-order valence-corrected chi connectivity index (χ2v) is 6.95. The van der Waals surface area contributed by atoms with Crippen LogP contribution in [0.25, 0.3) is 10.9 Å². The summed E-state index contributed by atoms with van der Waals surface area (Å²) in [5.41, 5.74) is 4.28. The van der Waals surface area contributed by atoms with E-state index in [1.54, 1.807) is 0 Å². The van der Waals surface area contributed by atoms with Crippen molar-refractivity contribution in [1.82, 2.24) is 15.1 Å². The molecule has 5 heteroatoms. The van der Waals surface area contributed by atoms with Crippen LogP contribution in [0.3, 0.4) is 0 Å². The number of hydrogen-bond acceptors (Lipinski definition) is 3. The lowest BCUT2D eigenvalue weighted by Gasteiger charge is -2.13. The maximum atomic E-state index is 12.7. The summed E-state index contributed by atoms with van der Waals surface area (Å²) in [5.74, 6) is 0.890. The molecule has 1 atom stereocenters. The van der Waals surface area contributed by atoms with Crippen LogP contribution in [0.5, 0.6) is 5.75 Å². The van der Waals surface area contributed by atoms with Crippen molar-refractivity contribution in [1.29, 1.82) is 0 Å². The molecule has 0 saturated heterocycles. The van der Waals surface area contributed by atoms with Crippen molar-refractivity contribution in [3.8, 4) is 5.75 Å². The van der Waals surface area contributed by atoms with Crippen LogP contribution in [0.15, 0.2) is 42.5 Å². The second-order valence-electron chi connectivity index (χ2n) is 6.95. The monoisotopic (exact) mass is 349 g/mol. The number of amides is 1. The molecule has 1 amide bonds. The average molecular weight is 349 g/mol. The van der Waals surface area contributed by atoms with Crippen molar-refractivity contribution in [3.63, 3.8) is 0 Å². The first kappa shape index (κ1) is 16.6. The first-order valence-electron chi connectivity index (χ1n) is 9.02. The molecule has 3 aromatic rings. The van der Waals surface area contributed by atoms with Crippen LogP contribution in [0.1, 0.15) is 23.2 Å². The van der Waals surface area contributed by atoms with Gasteiger partial charge in [-0.3, -0.25) is 9.48 Å². The maximum Gasteiger partial charge on any atom is 0.223 e. The Bertz CT molecular complexity index is 961. The zero-order valence-electron chi connectivity index (χ0n) is 15.2. The van der Waals surface area contributed by atoms with E-state index in [1.165, 1.54) is 5.56 Å². The van der Waals surface area contributed by atoms with Gasteiger partial charge in [0.15, 0.2) is 0 Å². The quantitative estimate of drug-likeness (QED) is 0.790. The molecule has 26 heavy (non-hydrogen) atoms. The van der Waals surface area contributed by atoms with Gasteiger partial charge in [-0.15, -0.1) is 0 Å². The predicted molar refractivity (Wildman–Crippen MR) is 101 cm³/mol. The highest BCUT2D eigenvalue weighted by atomic mass is 16.5. The lowest BCUT2D eigenvalue weighted by molar-refractivity contribution is -0.125. The van der Waals surface area contributed by atoms with Crippen LogP contribution in [-0.4, -0.2) is 22.3 Å². The summed E-state index contributed by atoms with van der Waals surface area (Å²) >= 11 is 0. The average Bonchev–Trinajstić information content (AvgIpc) is 2.82. The summed E-state index contributed by atoms with van der Waals surface area (Å²) in [6.45, 7) is 3.08. The fraction of sp³-hybridized carbons (Fsp3) is 0.333. The van der Waals surface area contributed by atoms with Gasteiger partial charge in [-0.2, -0.15) is 5.10 Å². The number of carbonyl (C=O) groups is 1. The van der Waals surface area contributed by atoms with Crippen molar-refractivity contribution in [2.75, 3.05) is 6.61 Å². The molecule has 1 aromatic heterocycles. The van der Waals surface area contributed by atoms with E-state index in [-0.39, 0.29) is 11.8 Å². The Morgan fingerprint density at radius 3 is 3.04 bits per heavy atom. The first-order chi connectivity index (χ1) is 12.6. The third kappa shape index (κ3) is 3.17. The van der Waals surface area contributed by atoms with E-state index in [0.717, 1.165) is 34.3 Å². The molecule has 0 spiro atoms. The Kier molecular flexibility index (Phi) is 4.37. The van der Waals surface area contributed by atoms with Crippen molar-refractivity contribution in [2.45, 2.75) is 26.3 Å². The summed E-state index contributed by atoms with van der Waals surface area (Å²) in [7, 11) is 1.93. The standard InChI is InChI=1S/C21H23N3O2/c1-14-7-8-19-17(11-14)18(23-24(19)2)13-22-21(25)16-9-10-26-20-6-4-3-5-15(20)12-16/h3-8,11,16H,9-10,12-13H2,1-2H3,(H,22,25)/t16-/m1/s1. The van der Waals surface area contributed by atoms with Crippen molar-refractivity contribution >= 4 is 16.8 Å². The number of benzene rings is 2. The lowest BCUT2D eigenvalue weighted by atomic mass is 9.96. The van der Waals surface area contributed by atoms with E-state index in [4.69, 9.17) is 4.74 Å². The van der Waals surface area contributed by atoms with Crippen LogP contribution in [0, 0.1) is 12.8 Å². The van der Waals surface area contributed by atoms with Crippen molar-refractivity contribution < 1.29 is 9.53 Å². The molecule has 4 rings (SSSR count). The Morgan fingerprint density at radius 1 is 1.31 bits per heavy atom. The minimum atomic E-state index is -0.0737. The number of ether oxygens (including phenoxy) is 1. The van der Waals surface area contributed by atoms with Crippen molar-refractivity contribution in [2.24, 2.45) is 13.0 Å². The molecule has 0 radical (unpaired) electrons. The van der Waals surface area contributed by atoms with Gasteiger partial charge in [0.25, 0.3) is 0 Å². The van der Waals surface area contributed by atoms with E-state index >= 15 is 0 Å². The molecule has 0 aliphatic carbocycles. The van der Waals surface area contributed by atoms with E-state index in [2.05, 4.69) is 35.5 Å². The lowest BCUT2D eigenvalue weighted by Crippen LogP contribution is -2.32. The summed E-state index contributed by atoms with van der Waals surface area (Å²) in [5, 5.41) is 8.76. The first-order valence-corrected chi connectivity index (χ1v) is 9.02. The highest BCUT2D eigenvalue weighted by Gasteiger charge is 2.24. The van der Waals surface area contributed by atoms with E-state index in [1.807, 2.05) is 36.0 Å². The molecule has 2 aromatic carbocycles. The molecule has 0 fully saturated rings. The Hall–Kier alpha value is -2.82. The third-order valence-electron chi connectivity index (χ3n) is 5.05. The summed E-state index contributed by atoms with van der Waals surface area (Å²) < 4.78 is 7.64. The molecular formula is C21H23N3O2. The number of carbonyl (C=O) groups excluding carboxylic acids is 1.